The van der Waals surface area contributed by atoms with E-state index in [4.69, 9.17) is 9.47 Å². The summed E-state index contributed by atoms with van der Waals surface area (Å²) < 4.78 is 12.3. The first-order chi connectivity index (χ1) is 17.2. The van der Waals surface area contributed by atoms with Crippen LogP contribution < -0.4 is 15.7 Å². The molecule has 0 amide bonds. The van der Waals surface area contributed by atoms with Gasteiger partial charge in [0.1, 0.15) is 12.4 Å². The van der Waals surface area contributed by atoms with Crippen molar-refractivity contribution in [2.45, 2.75) is 6.54 Å². The average molecular weight is 467 g/mol. The van der Waals surface area contributed by atoms with Crippen molar-refractivity contribution in [3.63, 3.8) is 0 Å². The topological polar surface area (TPSA) is 81.2 Å². The lowest BCUT2D eigenvalue weighted by Gasteiger charge is -2.10. The Morgan fingerprint density at radius 3 is 2.54 bits per heavy atom. The molecule has 2 N–H and O–H groups in total. The Hall–Kier alpha value is -4.36. The minimum absolute atomic E-state index is 0.193. The third-order valence-corrected chi connectivity index (χ3v) is 5.75. The van der Waals surface area contributed by atoms with Crippen molar-refractivity contribution < 1.29 is 9.47 Å². The Morgan fingerprint density at radius 1 is 0.914 bits per heavy atom. The molecule has 0 spiro atoms. The number of methoxy groups -OCH3 is 1. The SMILES string of the molecule is COCCOc1ccc(-n2c(=O)[nH]c3ccc(-c4cncc(NCc5ccccc5)c4)cc32)cc1. The molecule has 176 valence electrons. The molecule has 35 heavy (non-hydrogen) atoms. The summed E-state index contributed by atoms with van der Waals surface area (Å²) in [4.78, 5) is 20.2. The number of aromatic nitrogens is 3. The first kappa shape index (κ1) is 22.4. The number of hydrogen-bond acceptors (Lipinski definition) is 5. The van der Waals surface area contributed by atoms with Gasteiger partial charge in [-0.2, -0.15) is 0 Å². The lowest BCUT2D eigenvalue weighted by Crippen LogP contribution is -2.14. The number of nitrogens with zero attached hydrogens (tertiary/aromatic N) is 2. The van der Waals surface area contributed by atoms with Crippen LogP contribution in [0.2, 0.25) is 0 Å². The third-order valence-electron chi connectivity index (χ3n) is 5.75. The molecule has 5 aromatic rings. The number of nitrogens with one attached hydrogen (secondary N) is 2. The smallest absolute Gasteiger partial charge is 0.331 e. The van der Waals surface area contributed by atoms with Crippen LogP contribution >= 0.6 is 0 Å². The van der Waals surface area contributed by atoms with Crippen molar-refractivity contribution >= 4 is 16.7 Å². The highest BCUT2D eigenvalue weighted by molar-refractivity contribution is 5.84. The quantitative estimate of drug-likeness (QED) is 0.298. The first-order valence-electron chi connectivity index (χ1n) is 11.4. The summed E-state index contributed by atoms with van der Waals surface area (Å²) in [6.45, 7) is 1.71. The summed E-state index contributed by atoms with van der Waals surface area (Å²) in [7, 11) is 1.64. The molecular weight excluding hydrogens is 440 g/mol. The van der Waals surface area contributed by atoms with Gasteiger partial charge in [0.15, 0.2) is 0 Å². The molecule has 0 saturated heterocycles. The molecule has 0 aliphatic carbocycles. The predicted octanol–water partition coefficient (Wildman–Crippen LogP) is 5.02. The fraction of sp³-hybridized carbons (Fsp3) is 0.143. The van der Waals surface area contributed by atoms with E-state index in [1.807, 2.05) is 73.1 Å². The number of rotatable bonds is 9. The monoisotopic (exact) mass is 466 g/mol. The van der Waals surface area contributed by atoms with E-state index in [2.05, 4.69) is 33.5 Å². The highest BCUT2D eigenvalue weighted by Gasteiger charge is 2.11. The van der Waals surface area contributed by atoms with Crippen molar-refractivity contribution in [1.29, 1.82) is 0 Å². The van der Waals surface area contributed by atoms with Crippen LogP contribution in [-0.2, 0) is 11.3 Å². The minimum atomic E-state index is -0.193. The predicted molar refractivity (Wildman–Crippen MR) is 138 cm³/mol. The van der Waals surface area contributed by atoms with Crippen LogP contribution in [0.5, 0.6) is 5.75 Å². The molecule has 0 fully saturated rings. The second-order valence-electron chi connectivity index (χ2n) is 8.13. The maximum Gasteiger partial charge on any atom is 0.331 e. The number of pyridine rings is 1. The maximum atomic E-state index is 12.8. The molecule has 2 aromatic heterocycles. The molecule has 0 unspecified atom stereocenters. The summed E-state index contributed by atoms with van der Waals surface area (Å²) in [5.41, 5.74) is 6.20. The third kappa shape index (κ3) is 5.10. The van der Waals surface area contributed by atoms with E-state index in [-0.39, 0.29) is 5.69 Å². The van der Waals surface area contributed by atoms with Gasteiger partial charge in [-0.15, -0.1) is 0 Å². The number of aromatic amines is 1. The number of imidazole rings is 1. The molecule has 7 heteroatoms. The van der Waals surface area contributed by atoms with E-state index in [1.165, 1.54) is 5.56 Å². The van der Waals surface area contributed by atoms with E-state index in [9.17, 15) is 4.79 Å². The molecule has 7 nitrogen and oxygen atoms in total. The Bertz CT molecular complexity index is 1470. The average Bonchev–Trinajstić information content (AvgIpc) is 3.24. The highest BCUT2D eigenvalue weighted by atomic mass is 16.5. The van der Waals surface area contributed by atoms with Crippen LogP contribution in [0, 0.1) is 0 Å². The van der Waals surface area contributed by atoms with Gasteiger partial charge in [0.2, 0.25) is 0 Å². The lowest BCUT2D eigenvalue weighted by atomic mass is 10.1. The van der Waals surface area contributed by atoms with E-state index in [0.717, 1.165) is 39.3 Å². The van der Waals surface area contributed by atoms with Gasteiger partial charge in [0, 0.05) is 31.6 Å². The van der Waals surface area contributed by atoms with Crippen LogP contribution in [0.25, 0.3) is 27.8 Å². The van der Waals surface area contributed by atoms with Crippen LogP contribution in [0.4, 0.5) is 5.69 Å². The standard InChI is InChI=1S/C28H26N4O3/c1-34-13-14-35-25-10-8-24(9-11-25)32-27-16-21(7-12-26(27)31-28(32)33)22-15-23(19-29-18-22)30-17-20-5-3-2-4-6-20/h2-12,15-16,18-19,30H,13-14,17H2,1H3,(H,31,33). The van der Waals surface area contributed by atoms with Crippen molar-refractivity contribution in [3.8, 4) is 22.6 Å². The molecule has 0 bridgehead atoms. The van der Waals surface area contributed by atoms with Gasteiger partial charge in [0.25, 0.3) is 0 Å². The molecule has 0 aliphatic rings. The van der Waals surface area contributed by atoms with Gasteiger partial charge in [0.05, 0.1) is 29.0 Å². The molecule has 3 aromatic carbocycles. The fourth-order valence-electron chi connectivity index (χ4n) is 3.97. The van der Waals surface area contributed by atoms with Gasteiger partial charge in [-0.3, -0.25) is 9.55 Å². The number of ether oxygens (including phenoxy) is 2. The van der Waals surface area contributed by atoms with Crippen LogP contribution in [0.3, 0.4) is 0 Å². The summed E-state index contributed by atoms with van der Waals surface area (Å²) in [6, 6.07) is 25.7. The van der Waals surface area contributed by atoms with Gasteiger partial charge < -0.3 is 19.8 Å². The van der Waals surface area contributed by atoms with Gasteiger partial charge in [-0.25, -0.2) is 4.79 Å². The largest absolute Gasteiger partial charge is 0.491 e. The summed E-state index contributed by atoms with van der Waals surface area (Å²) in [5, 5.41) is 3.43. The second kappa shape index (κ2) is 10.3. The fourth-order valence-corrected chi connectivity index (χ4v) is 3.97. The molecule has 0 aliphatic heterocycles. The molecule has 2 heterocycles. The number of hydrogen-bond donors (Lipinski definition) is 2. The highest BCUT2D eigenvalue weighted by Crippen LogP contribution is 2.26. The maximum absolute atomic E-state index is 12.8. The summed E-state index contributed by atoms with van der Waals surface area (Å²) in [5.74, 6) is 0.727. The second-order valence-corrected chi connectivity index (χ2v) is 8.13. The van der Waals surface area contributed by atoms with Crippen LogP contribution in [-0.4, -0.2) is 34.9 Å². The van der Waals surface area contributed by atoms with Crippen molar-refractivity contribution in [2.24, 2.45) is 0 Å². The van der Waals surface area contributed by atoms with Gasteiger partial charge in [-0.1, -0.05) is 36.4 Å². The van der Waals surface area contributed by atoms with Crippen molar-refractivity contribution in [1.82, 2.24) is 14.5 Å². The van der Waals surface area contributed by atoms with Crippen LogP contribution in [0.15, 0.2) is 96.1 Å². The first-order valence-corrected chi connectivity index (χ1v) is 11.4. The Labute approximate surface area is 203 Å². The lowest BCUT2D eigenvalue weighted by molar-refractivity contribution is 0.146. The van der Waals surface area contributed by atoms with E-state index < -0.39 is 0 Å². The molecular formula is C28H26N4O3. The zero-order valence-electron chi connectivity index (χ0n) is 19.4. The number of benzene rings is 3. The number of H-pyrrole nitrogens is 1. The zero-order valence-corrected chi connectivity index (χ0v) is 19.4. The number of fused-ring (bicyclic) bond motifs is 1. The van der Waals surface area contributed by atoms with E-state index in [0.29, 0.717) is 19.8 Å². The number of anilines is 1. The van der Waals surface area contributed by atoms with Crippen LogP contribution in [0.1, 0.15) is 5.56 Å². The van der Waals surface area contributed by atoms with E-state index >= 15 is 0 Å². The summed E-state index contributed by atoms with van der Waals surface area (Å²) >= 11 is 0. The Kier molecular flexibility index (Phi) is 6.59. The molecule has 0 saturated carbocycles. The minimum Gasteiger partial charge on any atom is -0.491 e. The van der Waals surface area contributed by atoms with E-state index in [1.54, 1.807) is 11.7 Å². The van der Waals surface area contributed by atoms with Gasteiger partial charge >= 0.3 is 5.69 Å². The van der Waals surface area contributed by atoms with Crippen molar-refractivity contribution in [3.05, 3.63) is 107 Å². The van der Waals surface area contributed by atoms with Gasteiger partial charge in [-0.05, 0) is 53.6 Å². The Morgan fingerprint density at radius 2 is 1.74 bits per heavy atom. The molecule has 5 rings (SSSR count). The molecule has 0 radical (unpaired) electrons. The Balaban J connectivity index is 1.42. The zero-order chi connectivity index (χ0) is 24.0. The normalized spacial score (nSPS) is 11.0. The molecule has 0 atom stereocenters. The summed E-state index contributed by atoms with van der Waals surface area (Å²) in [6.07, 6.45) is 3.64. The van der Waals surface area contributed by atoms with Crippen molar-refractivity contribution in [2.75, 3.05) is 25.6 Å².